The monoisotopic (exact) mass is 566 g/mol. The highest BCUT2D eigenvalue weighted by atomic mass is 16.5. The molecule has 6 rings (SSSR count). The van der Waals surface area contributed by atoms with Crippen LogP contribution in [0.25, 0.3) is 22.2 Å². The summed E-state index contributed by atoms with van der Waals surface area (Å²) in [5, 5.41) is 2.96. The summed E-state index contributed by atoms with van der Waals surface area (Å²) < 4.78 is 5.35. The number of nitrogens with zero attached hydrogens (tertiary/aromatic N) is 6. The Morgan fingerprint density at radius 3 is 2.64 bits per heavy atom. The number of para-hydroxylation sites is 1. The predicted octanol–water partition coefficient (Wildman–Crippen LogP) is 4.18. The Morgan fingerprint density at radius 1 is 1.07 bits per heavy atom. The van der Waals surface area contributed by atoms with Gasteiger partial charge in [-0.15, -0.1) is 0 Å². The molecule has 2 aliphatic rings. The molecule has 11 heteroatoms. The lowest BCUT2D eigenvalue weighted by Crippen LogP contribution is -2.43. The minimum atomic E-state index is -0.175. The highest BCUT2D eigenvalue weighted by Gasteiger charge is 2.28. The molecule has 2 aliphatic heterocycles. The Morgan fingerprint density at radius 2 is 1.86 bits per heavy atom. The highest BCUT2D eigenvalue weighted by Crippen LogP contribution is 2.33. The van der Waals surface area contributed by atoms with Gasteiger partial charge in [-0.05, 0) is 30.2 Å². The van der Waals surface area contributed by atoms with Gasteiger partial charge in [-0.1, -0.05) is 19.9 Å². The number of nitrogens with one attached hydrogen (secondary N) is 2. The van der Waals surface area contributed by atoms with E-state index >= 15 is 0 Å². The van der Waals surface area contributed by atoms with Crippen LogP contribution in [0.4, 0.5) is 10.5 Å². The van der Waals surface area contributed by atoms with Gasteiger partial charge in [0, 0.05) is 68.7 Å². The lowest BCUT2D eigenvalue weighted by Gasteiger charge is -2.26. The molecule has 216 valence electrons. The van der Waals surface area contributed by atoms with Crippen molar-refractivity contribution in [3.8, 4) is 11.1 Å². The van der Waals surface area contributed by atoms with Crippen molar-refractivity contribution in [1.29, 1.82) is 0 Å². The molecule has 1 fully saturated rings. The molecule has 1 aromatic carbocycles. The maximum absolute atomic E-state index is 12.9. The SMILES string of the molecule is CC1c2ncc(-c3cncc(NC(=O)N4CCOCC4)c3)cc2C(c2nc3c(C(=O)N(C)C)cccc3[nH]2)=NC[C@H]1C. The molecule has 0 aliphatic carbocycles. The van der Waals surface area contributed by atoms with Crippen LogP contribution in [0.5, 0.6) is 0 Å². The number of hydrogen-bond acceptors (Lipinski definition) is 7. The molecule has 0 saturated carbocycles. The number of rotatable bonds is 4. The van der Waals surface area contributed by atoms with Crippen molar-refractivity contribution < 1.29 is 14.3 Å². The lowest BCUT2D eigenvalue weighted by molar-refractivity contribution is 0.0564. The Labute approximate surface area is 244 Å². The third kappa shape index (κ3) is 5.23. The minimum absolute atomic E-state index is 0.110. The minimum Gasteiger partial charge on any atom is -0.378 e. The standard InChI is InChI=1S/C31H34N8O3/c1-18-14-33-28(29-36-25-7-5-6-23(27(25)37-29)30(40)38(3)4)24-13-21(16-34-26(24)19(18)2)20-12-22(17-32-15-20)35-31(41)39-8-10-42-11-9-39/h5-7,12-13,15-19H,8-11,14H2,1-4H3,(H,35,41)(H,36,37)/t18-,19?/m1/s1. The first kappa shape index (κ1) is 27.5. The number of H-pyrrole nitrogens is 1. The maximum Gasteiger partial charge on any atom is 0.322 e. The number of aromatic amines is 1. The zero-order valence-corrected chi connectivity index (χ0v) is 24.2. The fourth-order valence-corrected chi connectivity index (χ4v) is 5.33. The van der Waals surface area contributed by atoms with Crippen molar-refractivity contribution >= 4 is 34.4 Å². The third-order valence-electron chi connectivity index (χ3n) is 7.99. The van der Waals surface area contributed by atoms with E-state index in [1.165, 1.54) is 0 Å². The number of carbonyl (C=O) groups excluding carboxylic acids is 2. The molecule has 5 heterocycles. The van der Waals surface area contributed by atoms with Crippen molar-refractivity contribution in [3.63, 3.8) is 0 Å². The summed E-state index contributed by atoms with van der Waals surface area (Å²) in [6, 6.07) is 9.35. The van der Waals surface area contributed by atoms with Gasteiger partial charge in [-0.25, -0.2) is 9.78 Å². The van der Waals surface area contributed by atoms with Crippen LogP contribution in [0, 0.1) is 5.92 Å². The van der Waals surface area contributed by atoms with E-state index in [0.717, 1.165) is 27.9 Å². The van der Waals surface area contributed by atoms with Gasteiger partial charge in [0.15, 0.2) is 5.82 Å². The molecule has 3 amide bonds. The average molecular weight is 567 g/mol. The van der Waals surface area contributed by atoms with Crippen molar-refractivity contribution in [3.05, 3.63) is 71.6 Å². The van der Waals surface area contributed by atoms with Gasteiger partial charge >= 0.3 is 6.03 Å². The Kier molecular flexibility index (Phi) is 7.42. The molecule has 0 radical (unpaired) electrons. The number of imidazole rings is 1. The van der Waals surface area contributed by atoms with Gasteiger partial charge in [0.1, 0.15) is 11.2 Å². The van der Waals surface area contributed by atoms with Crippen molar-refractivity contribution in [1.82, 2.24) is 29.7 Å². The van der Waals surface area contributed by atoms with Crippen LogP contribution in [0.15, 0.2) is 53.9 Å². The Bertz CT molecular complexity index is 1690. The van der Waals surface area contributed by atoms with Crippen molar-refractivity contribution in [2.75, 3.05) is 52.3 Å². The second kappa shape index (κ2) is 11.3. The summed E-state index contributed by atoms with van der Waals surface area (Å²) in [5.41, 5.74) is 6.71. The van der Waals surface area contributed by atoms with Gasteiger partial charge < -0.3 is 24.8 Å². The molecule has 1 saturated heterocycles. The molecule has 4 aromatic rings. The van der Waals surface area contributed by atoms with Crippen LogP contribution in [0.1, 0.15) is 47.2 Å². The fraction of sp³-hybridized carbons (Fsp3) is 0.355. The summed E-state index contributed by atoms with van der Waals surface area (Å²) in [6.45, 7) is 7.14. The molecule has 42 heavy (non-hydrogen) atoms. The topological polar surface area (TPSA) is 129 Å². The predicted molar refractivity (Wildman–Crippen MR) is 161 cm³/mol. The maximum atomic E-state index is 12.9. The number of carbonyl (C=O) groups is 2. The number of aromatic nitrogens is 4. The molecule has 2 atom stereocenters. The number of aliphatic imine (C=N–C) groups is 1. The molecule has 0 spiro atoms. The van der Waals surface area contributed by atoms with Gasteiger partial charge in [-0.3, -0.25) is 19.8 Å². The van der Waals surface area contributed by atoms with E-state index in [4.69, 9.17) is 19.7 Å². The van der Waals surface area contributed by atoms with Gasteiger partial charge in [0.25, 0.3) is 5.91 Å². The number of benzene rings is 1. The summed E-state index contributed by atoms with van der Waals surface area (Å²) in [7, 11) is 3.46. The number of amides is 3. The van der Waals surface area contributed by atoms with E-state index in [1.54, 1.807) is 42.4 Å². The van der Waals surface area contributed by atoms with Crippen LogP contribution in [-0.2, 0) is 4.74 Å². The van der Waals surface area contributed by atoms with E-state index in [-0.39, 0.29) is 23.8 Å². The fourth-order valence-electron chi connectivity index (χ4n) is 5.33. The van der Waals surface area contributed by atoms with Crippen LogP contribution in [-0.4, -0.2) is 94.3 Å². The largest absolute Gasteiger partial charge is 0.378 e. The van der Waals surface area contributed by atoms with Crippen molar-refractivity contribution in [2.24, 2.45) is 10.9 Å². The van der Waals surface area contributed by atoms with E-state index in [9.17, 15) is 9.59 Å². The van der Waals surface area contributed by atoms with E-state index in [1.807, 2.05) is 24.4 Å². The number of pyridine rings is 2. The summed E-state index contributed by atoms with van der Waals surface area (Å²) in [5.74, 6) is 0.925. The van der Waals surface area contributed by atoms with E-state index < -0.39 is 0 Å². The zero-order chi connectivity index (χ0) is 29.4. The zero-order valence-electron chi connectivity index (χ0n) is 24.2. The van der Waals surface area contributed by atoms with Gasteiger partial charge in [0.2, 0.25) is 0 Å². The number of morpholine rings is 1. The summed E-state index contributed by atoms with van der Waals surface area (Å²) >= 11 is 0. The number of ether oxygens (including phenoxy) is 1. The highest BCUT2D eigenvalue weighted by molar-refractivity contribution is 6.14. The van der Waals surface area contributed by atoms with Crippen LogP contribution >= 0.6 is 0 Å². The van der Waals surface area contributed by atoms with E-state index in [2.05, 4.69) is 35.2 Å². The Balaban J connectivity index is 1.38. The normalized spacial score (nSPS) is 18.7. The van der Waals surface area contributed by atoms with Gasteiger partial charge in [-0.2, -0.15) is 0 Å². The quantitative estimate of drug-likeness (QED) is 0.381. The lowest BCUT2D eigenvalue weighted by atomic mass is 9.89. The van der Waals surface area contributed by atoms with E-state index in [0.29, 0.717) is 61.2 Å². The first-order chi connectivity index (χ1) is 20.3. The number of urea groups is 1. The van der Waals surface area contributed by atoms with Crippen LogP contribution in [0.3, 0.4) is 0 Å². The summed E-state index contributed by atoms with van der Waals surface area (Å²) in [4.78, 5) is 51.5. The molecule has 3 aromatic heterocycles. The van der Waals surface area contributed by atoms with Crippen LogP contribution in [0.2, 0.25) is 0 Å². The summed E-state index contributed by atoms with van der Waals surface area (Å²) in [6.07, 6.45) is 5.24. The molecule has 2 N–H and O–H groups in total. The first-order valence-electron chi connectivity index (χ1n) is 14.1. The number of anilines is 1. The molecule has 1 unspecified atom stereocenters. The van der Waals surface area contributed by atoms with Crippen LogP contribution < -0.4 is 5.32 Å². The number of hydrogen-bond donors (Lipinski definition) is 2. The number of fused-ring (bicyclic) bond motifs is 2. The molecular formula is C31H34N8O3. The first-order valence-corrected chi connectivity index (χ1v) is 14.1. The van der Waals surface area contributed by atoms with Gasteiger partial charge in [0.05, 0.1) is 41.9 Å². The molecule has 11 nitrogen and oxygen atoms in total. The average Bonchev–Trinajstić information content (AvgIpc) is 3.40. The third-order valence-corrected chi connectivity index (χ3v) is 7.99. The molecule has 0 bridgehead atoms. The smallest absolute Gasteiger partial charge is 0.322 e. The Hall–Kier alpha value is -4.64. The second-order valence-electron chi connectivity index (χ2n) is 11.1. The second-order valence-corrected chi connectivity index (χ2v) is 11.1. The molecular weight excluding hydrogens is 532 g/mol. The van der Waals surface area contributed by atoms with Crippen molar-refractivity contribution in [2.45, 2.75) is 19.8 Å².